The summed E-state index contributed by atoms with van der Waals surface area (Å²) in [7, 11) is -1.15. The second kappa shape index (κ2) is 8.88. The molecule has 3 rings (SSSR count). The summed E-state index contributed by atoms with van der Waals surface area (Å²) in [6.45, 7) is 8.10. The molecule has 144 valence electrons. The molecule has 1 unspecified atom stereocenters. The molecule has 27 heavy (non-hydrogen) atoms. The lowest BCUT2D eigenvalue weighted by Gasteiger charge is -2.18. The number of thiazole rings is 1. The van der Waals surface area contributed by atoms with Crippen molar-refractivity contribution in [2.24, 2.45) is 0 Å². The van der Waals surface area contributed by atoms with Crippen LogP contribution in [0.15, 0.2) is 42.3 Å². The monoisotopic (exact) mass is 402 g/mol. The second-order valence-electron chi connectivity index (χ2n) is 7.69. The predicted molar refractivity (Wildman–Crippen MR) is 110 cm³/mol. The molecule has 0 amide bonds. The van der Waals surface area contributed by atoms with E-state index in [-0.39, 0.29) is 0 Å². The Morgan fingerprint density at radius 1 is 1.19 bits per heavy atom. The minimum atomic E-state index is -1.15. The van der Waals surface area contributed by atoms with Crippen molar-refractivity contribution >= 4 is 19.4 Å². The van der Waals surface area contributed by atoms with Gasteiger partial charge < -0.3 is 14.4 Å². The third kappa shape index (κ3) is 5.55. The molecular weight excluding hydrogens is 376 g/mol. The van der Waals surface area contributed by atoms with Gasteiger partial charge in [-0.05, 0) is 23.7 Å². The van der Waals surface area contributed by atoms with Crippen LogP contribution in [-0.2, 0) is 17.9 Å². The fourth-order valence-corrected chi connectivity index (χ4v) is 4.03. The van der Waals surface area contributed by atoms with Crippen LogP contribution in [0.1, 0.15) is 28.2 Å². The van der Waals surface area contributed by atoms with E-state index in [4.69, 9.17) is 4.74 Å². The van der Waals surface area contributed by atoms with Gasteiger partial charge in [0.1, 0.15) is 17.6 Å². The average molecular weight is 403 g/mol. The number of aliphatic hydroxyl groups excluding tert-OH is 1. The molecule has 3 aromatic heterocycles. The van der Waals surface area contributed by atoms with Gasteiger partial charge in [0.15, 0.2) is 6.10 Å². The molecule has 0 saturated carbocycles. The summed E-state index contributed by atoms with van der Waals surface area (Å²) in [5, 5.41) is 13.2. The molecule has 8 heteroatoms. The highest BCUT2D eigenvalue weighted by atomic mass is 32.1. The predicted octanol–water partition coefficient (Wildman–Crippen LogP) is 3.72. The molecule has 0 aliphatic rings. The van der Waals surface area contributed by atoms with E-state index in [1.807, 2.05) is 28.3 Å². The van der Waals surface area contributed by atoms with Gasteiger partial charge in [-0.2, -0.15) is 0 Å². The third-order valence-corrected chi connectivity index (χ3v) is 6.78. The van der Waals surface area contributed by atoms with Crippen LogP contribution in [0.4, 0.5) is 0 Å². The van der Waals surface area contributed by atoms with Gasteiger partial charge in [0.2, 0.25) is 0 Å². The maximum atomic E-state index is 10.7. The molecule has 0 aliphatic heterocycles. The van der Waals surface area contributed by atoms with Crippen LogP contribution in [-0.4, -0.2) is 39.3 Å². The zero-order valence-electron chi connectivity index (χ0n) is 16.0. The highest BCUT2D eigenvalue weighted by Crippen LogP contribution is 2.25. The molecule has 0 saturated heterocycles. The van der Waals surface area contributed by atoms with Gasteiger partial charge in [-0.15, -0.1) is 11.3 Å². The van der Waals surface area contributed by atoms with E-state index >= 15 is 0 Å². The normalized spacial score (nSPS) is 13.0. The molecule has 0 fully saturated rings. The summed E-state index contributed by atoms with van der Waals surface area (Å²) >= 11 is 1.42. The first kappa shape index (κ1) is 19.9. The van der Waals surface area contributed by atoms with Crippen molar-refractivity contribution in [3.8, 4) is 0 Å². The standard InChI is InChI=1S/C19H26N4O2SSi/c1-27(2,3)11-9-25-14-23-16(12-15-4-6-20-7-5-15)13-22-18(23)17(24)19-21-8-10-26-19/h4-8,10,13,17,24H,9,11-12,14H2,1-3H3. The summed E-state index contributed by atoms with van der Waals surface area (Å²) in [4.78, 5) is 12.8. The summed E-state index contributed by atoms with van der Waals surface area (Å²) in [5.41, 5.74) is 2.14. The molecule has 0 aliphatic carbocycles. The summed E-state index contributed by atoms with van der Waals surface area (Å²) in [6, 6.07) is 5.08. The number of imidazole rings is 1. The Bertz CT molecular complexity index is 831. The Kier molecular flexibility index (Phi) is 6.54. The minimum absolute atomic E-state index is 0.378. The van der Waals surface area contributed by atoms with Gasteiger partial charge in [-0.3, -0.25) is 4.98 Å². The summed E-state index contributed by atoms with van der Waals surface area (Å²) in [5.74, 6) is 0.571. The first-order valence-electron chi connectivity index (χ1n) is 9.02. The lowest BCUT2D eigenvalue weighted by molar-refractivity contribution is 0.0769. The van der Waals surface area contributed by atoms with Crippen molar-refractivity contribution in [3.05, 3.63) is 64.4 Å². The molecule has 1 atom stereocenters. The van der Waals surface area contributed by atoms with Crippen molar-refractivity contribution in [1.82, 2.24) is 19.5 Å². The van der Waals surface area contributed by atoms with E-state index in [1.165, 1.54) is 11.3 Å². The third-order valence-electron chi connectivity index (χ3n) is 4.25. The number of aliphatic hydroxyl groups is 1. The smallest absolute Gasteiger partial charge is 0.163 e. The molecule has 0 aromatic carbocycles. The number of ether oxygens (including phenoxy) is 1. The topological polar surface area (TPSA) is 73.1 Å². The van der Waals surface area contributed by atoms with Gasteiger partial charge in [-0.25, -0.2) is 9.97 Å². The molecule has 0 spiro atoms. The van der Waals surface area contributed by atoms with Gasteiger partial charge in [0.25, 0.3) is 0 Å². The molecule has 1 N–H and O–H groups in total. The molecule has 3 aromatic rings. The number of aromatic nitrogens is 4. The molecule has 0 radical (unpaired) electrons. The highest BCUT2D eigenvalue weighted by molar-refractivity contribution is 7.09. The zero-order chi connectivity index (χ0) is 19.3. The Morgan fingerprint density at radius 3 is 2.63 bits per heavy atom. The number of nitrogens with zero attached hydrogens (tertiary/aromatic N) is 4. The zero-order valence-corrected chi connectivity index (χ0v) is 17.8. The second-order valence-corrected chi connectivity index (χ2v) is 14.2. The van der Waals surface area contributed by atoms with Crippen molar-refractivity contribution in [2.45, 2.75) is 44.9 Å². The van der Waals surface area contributed by atoms with Crippen LogP contribution in [0.3, 0.4) is 0 Å². The number of rotatable bonds is 9. The average Bonchev–Trinajstić information content (AvgIpc) is 3.29. The van der Waals surface area contributed by atoms with E-state index in [0.717, 1.165) is 23.9 Å². The Hall–Kier alpha value is -1.87. The lowest BCUT2D eigenvalue weighted by Crippen LogP contribution is -2.22. The summed E-state index contributed by atoms with van der Waals surface area (Å²) < 4.78 is 7.93. The van der Waals surface area contributed by atoms with Crippen molar-refractivity contribution in [2.75, 3.05) is 6.61 Å². The van der Waals surface area contributed by atoms with Crippen LogP contribution in [0.25, 0.3) is 0 Å². The number of hydrogen-bond donors (Lipinski definition) is 1. The van der Waals surface area contributed by atoms with Gasteiger partial charge in [0.05, 0.1) is 0 Å². The van der Waals surface area contributed by atoms with Crippen molar-refractivity contribution in [1.29, 1.82) is 0 Å². The van der Waals surface area contributed by atoms with E-state index in [9.17, 15) is 5.11 Å². The molecular formula is C19H26N4O2SSi. The molecule has 6 nitrogen and oxygen atoms in total. The van der Waals surface area contributed by atoms with Crippen LogP contribution in [0, 0.1) is 0 Å². The van der Waals surface area contributed by atoms with Crippen LogP contribution in [0.2, 0.25) is 25.7 Å². The van der Waals surface area contributed by atoms with E-state index in [1.54, 1.807) is 18.6 Å². The maximum absolute atomic E-state index is 10.7. The largest absolute Gasteiger partial charge is 0.378 e. The number of hydrogen-bond acceptors (Lipinski definition) is 6. The van der Waals surface area contributed by atoms with E-state index < -0.39 is 14.2 Å². The Labute approximate surface area is 164 Å². The SMILES string of the molecule is C[Si](C)(C)CCOCn1c(Cc2ccncc2)cnc1C(O)c1nccs1. The van der Waals surface area contributed by atoms with Crippen molar-refractivity contribution < 1.29 is 9.84 Å². The maximum Gasteiger partial charge on any atom is 0.163 e. The minimum Gasteiger partial charge on any atom is -0.378 e. The first-order valence-corrected chi connectivity index (χ1v) is 13.6. The van der Waals surface area contributed by atoms with Gasteiger partial charge in [0, 0.05) is 57.0 Å². The van der Waals surface area contributed by atoms with Gasteiger partial charge in [-0.1, -0.05) is 19.6 Å². The van der Waals surface area contributed by atoms with Crippen LogP contribution >= 0.6 is 11.3 Å². The summed E-state index contributed by atoms with van der Waals surface area (Å²) in [6.07, 6.45) is 6.93. The van der Waals surface area contributed by atoms with E-state index in [0.29, 0.717) is 24.0 Å². The van der Waals surface area contributed by atoms with Crippen LogP contribution in [0.5, 0.6) is 0 Å². The molecule has 0 bridgehead atoms. The molecule has 3 heterocycles. The number of pyridine rings is 1. The van der Waals surface area contributed by atoms with E-state index in [2.05, 4.69) is 34.6 Å². The Morgan fingerprint density at radius 2 is 1.96 bits per heavy atom. The Balaban J connectivity index is 1.80. The first-order chi connectivity index (χ1) is 12.9. The van der Waals surface area contributed by atoms with Gasteiger partial charge >= 0.3 is 0 Å². The fourth-order valence-electron chi connectivity index (χ4n) is 2.66. The quantitative estimate of drug-likeness (QED) is 0.436. The van der Waals surface area contributed by atoms with Crippen LogP contribution < -0.4 is 0 Å². The lowest BCUT2D eigenvalue weighted by atomic mass is 10.1. The van der Waals surface area contributed by atoms with Crippen molar-refractivity contribution in [3.63, 3.8) is 0 Å². The fraction of sp³-hybridized carbons (Fsp3) is 0.421. The highest BCUT2D eigenvalue weighted by Gasteiger charge is 2.22.